The van der Waals surface area contributed by atoms with Crippen molar-refractivity contribution in [2.45, 2.75) is 24.3 Å². The molecule has 0 saturated carbocycles. The fourth-order valence-electron chi connectivity index (χ4n) is 1.96. The number of hydrogen-bond donors (Lipinski definition) is 1. The van der Waals surface area contributed by atoms with E-state index in [1.165, 1.54) is 4.90 Å². The molecule has 1 unspecified atom stereocenters. The number of likely N-dealkylation sites (N-methyl/N-ethyl adjacent to an activating group) is 1. The van der Waals surface area contributed by atoms with Gasteiger partial charge in [0.2, 0.25) is 0 Å². The van der Waals surface area contributed by atoms with Crippen molar-refractivity contribution in [1.29, 1.82) is 0 Å². The van der Waals surface area contributed by atoms with Crippen molar-refractivity contribution in [3.63, 3.8) is 0 Å². The number of rotatable bonds is 7. The van der Waals surface area contributed by atoms with Gasteiger partial charge in [0.05, 0.1) is 0 Å². The Kier molecular flexibility index (Phi) is 5.88. The van der Waals surface area contributed by atoms with Crippen LogP contribution in [0.5, 0.6) is 0 Å². The van der Waals surface area contributed by atoms with Crippen LogP contribution in [0.4, 0.5) is 0 Å². The van der Waals surface area contributed by atoms with Gasteiger partial charge in [0.1, 0.15) is 12.2 Å². The molecule has 2 aromatic rings. The Labute approximate surface area is 128 Å². The average Bonchev–Trinajstić information content (AvgIpc) is 2.82. The molecule has 0 saturated heterocycles. The fraction of sp³-hybridized carbons (Fsp3) is 0.429. The molecule has 6 heteroatoms. The summed E-state index contributed by atoms with van der Waals surface area (Å²) < 4.78 is 1.83. The van der Waals surface area contributed by atoms with Gasteiger partial charge in [0.25, 0.3) is 0 Å². The summed E-state index contributed by atoms with van der Waals surface area (Å²) in [5.74, 6) is 1.98. The minimum absolute atomic E-state index is 0.367. The van der Waals surface area contributed by atoms with Crippen LogP contribution < -0.4 is 5.32 Å². The van der Waals surface area contributed by atoms with Crippen molar-refractivity contribution < 1.29 is 0 Å². The van der Waals surface area contributed by atoms with Crippen LogP contribution in [-0.4, -0.2) is 33.1 Å². The van der Waals surface area contributed by atoms with E-state index in [0.717, 1.165) is 29.6 Å². The highest BCUT2D eigenvalue weighted by Crippen LogP contribution is 2.22. The van der Waals surface area contributed by atoms with Crippen LogP contribution >= 0.6 is 23.4 Å². The third-order valence-electron chi connectivity index (χ3n) is 2.97. The monoisotopic (exact) mass is 310 g/mol. The van der Waals surface area contributed by atoms with Gasteiger partial charge in [-0.3, -0.25) is 4.68 Å². The van der Waals surface area contributed by atoms with Gasteiger partial charge in [-0.1, -0.05) is 24.6 Å². The Bertz CT molecular complexity index is 543. The third kappa shape index (κ3) is 4.51. The molecule has 1 atom stereocenters. The largest absolute Gasteiger partial charge is 0.313 e. The molecular weight excluding hydrogens is 292 g/mol. The topological polar surface area (TPSA) is 42.7 Å². The molecule has 2 rings (SSSR count). The van der Waals surface area contributed by atoms with Gasteiger partial charge in [-0.05, 0) is 24.7 Å². The SMILES string of the molecule is CCNC(CSc1cccc(Cl)c1)Cc1ncnn1C. The summed E-state index contributed by atoms with van der Waals surface area (Å²) in [6.07, 6.45) is 2.47. The highest BCUT2D eigenvalue weighted by Gasteiger charge is 2.12. The second-order valence-corrected chi connectivity index (χ2v) is 6.06. The molecule has 0 bridgehead atoms. The van der Waals surface area contributed by atoms with Crippen LogP contribution in [0.2, 0.25) is 5.02 Å². The number of nitrogens with zero attached hydrogens (tertiary/aromatic N) is 3. The molecule has 1 N–H and O–H groups in total. The van der Waals surface area contributed by atoms with Crippen LogP contribution in [0.3, 0.4) is 0 Å². The highest BCUT2D eigenvalue weighted by atomic mass is 35.5. The van der Waals surface area contributed by atoms with Gasteiger partial charge < -0.3 is 5.32 Å². The lowest BCUT2D eigenvalue weighted by Crippen LogP contribution is -2.34. The number of benzene rings is 1. The van der Waals surface area contributed by atoms with E-state index in [0.29, 0.717) is 6.04 Å². The number of aryl methyl sites for hydroxylation is 1. The minimum Gasteiger partial charge on any atom is -0.313 e. The maximum absolute atomic E-state index is 6.01. The van der Waals surface area contributed by atoms with Gasteiger partial charge in [-0.25, -0.2) is 4.98 Å². The quantitative estimate of drug-likeness (QED) is 0.799. The molecule has 1 aromatic carbocycles. The maximum atomic E-state index is 6.01. The van der Waals surface area contributed by atoms with E-state index in [9.17, 15) is 0 Å². The molecule has 0 fully saturated rings. The summed E-state index contributed by atoms with van der Waals surface area (Å²) >= 11 is 7.81. The zero-order chi connectivity index (χ0) is 14.4. The fourth-order valence-corrected chi connectivity index (χ4v) is 3.23. The normalized spacial score (nSPS) is 12.6. The van der Waals surface area contributed by atoms with E-state index in [4.69, 9.17) is 11.6 Å². The Balaban J connectivity index is 1.94. The molecule has 1 aromatic heterocycles. The van der Waals surface area contributed by atoms with E-state index in [1.807, 2.05) is 29.9 Å². The predicted octanol–water partition coefficient (Wildman–Crippen LogP) is 2.78. The highest BCUT2D eigenvalue weighted by molar-refractivity contribution is 7.99. The molecule has 0 radical (unpaired) electrons. The van der Waals surface area contributed by atoms with Gasteiger partial charge in [-0.15, -0.1) is 11.8 Å². The van der Waals surface area contributed by atoms with Crippen LogP contribution in [-0.2, 0) is 13.5 Å². The van der Waals surface area contributed by atoms with Gasteiger partial charge in [0.15, 0.2) is 0 Å². The summed E-state index contributed by atoms with van der Waals surface area (Å²) in [6.45, 7) is 3.06. The van der Waals surface area contributed by atoms with Crippen molar-refractivity contribution >= 4 is 23.4 Å². The van der Waals surface area contributed by atoms with Crippen LogP contribution in [0.1, 0.15) is 12.7 Å². The van der Waals surface area contributed by atoms with E-state index < -0.39 is 0 Å². The number of thioether (sulfide) groups is 1. The van der Waals surface area contributed by atoms with Gasteiger partial charge >= 0.3 is 0 Å². The van der Waals surface area contributed by atoms with Crippen LogP contribution in [0.15, 0.2) is 35.5 Å². The molecule has 0 aliphatic heterocycles. The molecule has 20 heavy (non-hydrogen) atoms. The zero-order valence-electron chi connectivity index (χ0n) is 11.7. The first kappa shape index (κ1) is 15.4. The molecule has 0 spiro atoms. The minimum atomic E-state index is 0.367. The zero-order valence-corrected chi connectivity index (χ0v) is 13.3. The summed E-state index contributed by atoms with van der Waals surface area (Å²) in [5.41, 5.74) is 0. The van der Waals surface area contributed by atoms with Crippen LogP contribution in [0, 0.1) is 0 Å². The molecule has 0 aliphatic carbocycles. The number of hydrogen-bond acceptors (Lipinski definition) is 4. The predicted molar refractivity (Wildman–Crippen MR) is 84.3 cm³/mol. The lowest BCUT2D eigenvalue weighted by Gasteiger charge is -2.17. The molecule has 1 heterocycles. The average molecular weight is 311 g/mol. The first-order valence-electron chi connectivity index (χ1n) is 6.63. The molecular formula is C14H19ClN4S. The van der Waals surface area contributed by atoms with Gasteiger partial charge in [-0.2, -0.15) is 5.10 Å². The van der Waals surface area contributed by atoms with E-state index in [2.05, 4.69) is 28.4 Å². The summed E-state index contributed by atoms with van der Waals surface area (Å²) in [6, 6.07) is 8.33. The van der Waals surface area contributed by atoms with E-state index in [-0.39, 0.29) is 0 Å². The summed E-state index contributed by atoms with van der Waals surface area (Å²) in [4.78, 5) is 5.48. The lowest BCUT2D eigenvalue weighted by atomic mass is 10.2. The van der Waals surface area contributed by atoms with Crippen molar-refractivity contribution in [3.05, 3.63) is 41.4 Å². The first-order chi connectivity index (χ1) is 9.69. The third-order valence-corrected chi connectivity index (χ3v) is 4.37. The summed E-state index contributed by atoms with van der Waals surface area (Å²) in [7, 11) is 1.93. The Hall–Kier alpha value is -1.04. The van der Waals surface area contributed by atoms with E-state index >= 15 is 0 Å². The van der Waals surface area contributed by atoms with Gasteiger partial charge in [0, 0.05) is 35.2 Å². The Morgan fingerprint density at radius 2 is 2.30 bits per heavy atom. The second kappa shape index (κ2) is 7.67. The molecule has 0 aliphatic rings. The Morgan fingerprint density at radius 3 is 2.95 bits per heavy atom. The standard InChI is InChI=1S/C14H19ClN4S/c1-3-16-12(8-14-17-10-18-19(14)2)9-20-13-6-4-5-11(15)7-13/h4-7,10,12,16H,3,8-9H2,1-2H3. The number of halogens is 1. The summed E-state index contributed by atoms with van der Waals surface area (Å²) in [5, 5.41) is 8.39. The van der Waals surface area contributed by atoms with Crippen LogP contribution in [0.25, 0.3) is 0 Å². The number of aromatic nitrogens is 3. The molecule has 4 nitrogen and oxygen atoms in total. The van der Waals surface area contributed by atoms with Crippen molar-refractivity contribution in [3.8, 4) is 0 Å². The van der Waals surface area contributed by atoms with Crippen molar-refractivity contribution in [1.82, 2.24) is 20.1 Å². The smallest absolute Gasteiger partial charge is 0.138 e. The number of nitrogens with one attached hydrogen (secondary N) is 1. The van der Waals surface area contributed by atoms with Crippen molar-refractivity contribution in [2.75, 3.05) is 12.3 Å². The Morgan fingerprint density at radius 1 is 1.45 bits per heavy atom. The van der Waals surface area contributed by atoms with Crippen molar-refractivity contribution in [2.24, 2.45) is 7.05 Å². The molecule has 0 amide bonds. The maximum Gasteiger partial charge on any atom is 0.138 e. The molecule has 108 valence electrons. The van der Waals surface area contributed by atoms with E-state index in [1.54, 1.807) is 18.1 Å². The lowest BCUT2D eigenvalue weighted by molar-refractivity contribution is 0.542. The second-order valence-electron chi connectivity index (χ2n) is 4.53. The first-order valence-corrected chi connectivity index (χ1v) is 8.00.